The Morgan fingerprint density at radius 1 is 1.06 bits per heavy atom. The fraction of sp³-hybridized carbons (Fsp3) is 0.395. The summed E-state index contributed by atoms with van der Waals surface area (Å²) in [4.78, 5) is 33.9. The summed E-state index contributed by atoms with van der Waals surface area (Å²) in [5.74, 6) is -0.149. The molecule has 1 aliphatic heterocycles. The molecule has 8 nitrogen and oxygen atoms in total. The van der Waals surface area contributed by atoms with Gasteiger partial charge in [-0.2, -0.15) is 0 Å². The molecule has 0 radical (unpaired) electrons. The highest BCUT2D eigenvalue weighted by atomic mass is 32.1. The van der Waals surface area contributed by atoms with Gasteiger partial charge in [0.2, 0.25) is 0 Å². The first kappa shape index (κ1) is 34.3. The first-order valence-corrected chi connectivity index (χ1v) is 17.1. The SMILES string of the molecule is COc1cc(C(=O)NC(C)C(O)C(NCc2cccc(C(C)(C)C)c2)c2ccccc2)cc(C(=O)N2CCCC2c2nc(C)cs2)c1. The number of aryl methyl sites for hydroxylation is 1. The molecule has 1 fully saturated rings. The smallest absolute Gasteiger partial charge is 0.254 e. The zero-order valence-corrected chi connectivity index (χ0v) is 28.9. The number of aliphatic hydroxyl groups is 1. The lowest BCUT2D eigenvalue weighted by atomic mass is 9.86. The molecule has 4 unspecified atom stereocenters. The Balaban J connectivity index is 1.32. The molecule has 2 heterocycles. The quantitative estimate of drug-likeness (QED) is 0.165. The lowest BCUT2D eigenvalue weighted by molar-refractivity contribution is 0.0732. The summed E-state index contributed by atoms with van der Waals surface area (Å²) < 4.78 is 5.50. The molecule has 0 spiro atoms. The van der Waals surface area contributed by atoms with Crippen LogP contribution in [-0.2, 0) is 12.0 Å². The van der Waals surface area contributed by atoms with Crippen LogP contribution in [-0.4, -0.2) is 52.6 Å². The number of likely N-dealkylation sites (tertiary alicyclic amines) is 1. The second-order valence-electron chi connectivity index (χ2n) is 13.4. The number of aromatic nitrogens is 1. The second-order valence-corrected chi connectivity index (χ2v) is 14.3. The molecule has 2 amide bonds. The highest BCUT2D eigenvalue weighted by Gasteiger charge is 2.33. The van der Waals surface area contributed by atoms with E-state index in [1.54, 1.807) is 36.5 Å². The molecule has 1 saturated heterocycles. The molecule has 0 saturated carbocycles. The summed E-state index contributed by atoms with van der Waals surface area (Å²) in [6.07, 6.45) is 0.788. The molecule has 1 aromatic heterocycles. The lowest BCUT2D eigenvalue weighted by Crippen LogP contribution is -2.47. The molecule has 9 heteroatoms. The number of thiazole rings is 1. The fourth-order valence-corrected chi connectivity index (χ4v) is 7.01. The third-order valence-corrected chi connectivity index (χ3v) is 9.84. The first-order chi connectivity index (χ1) is 22.4. The van der Waals surface area contributed by atoms with Crippen molar-refractivity contribution < 1.29 is 19.4 Å². The van der Waals surface area contributed by atoms with Crippen LogP contribution in [0, 0.1) is 6.92 Å². The summed E-state index contributed by atoms with van der Waals surface area (Å²) in [5.41, 5.74) is 4.90. The normalized spacial score (nSPS) is 16.8. The van der Waals surface area contributed by atoms with Gasteiger partial charge in [-0.3, -0.25) is 9.59 Å². The van der Waals surface area contributed by atoms with Crippen LogP contribution in [0.15, 0.2) is 78.2 Å². The van der Waals surface area contributed by atoms with Crippen molar-refractivity contribution in [3.8, 4) is 5.75 Å². The van der Waals surface area contributed by atoms with Gasteiger partial charge in [-0.25, -0.2) is 4.98 Å². The van der Waals surface area contributed by atoms with Crippen molar-refractivity contribution in [2.45, 2.75) is 83.6 Å². The predicted octanol–water partition coefficient (Wildman–Crippen LogP) is 6.75. The summed E-state index contributed by atoms with van der Waals surface area (Å²) in [6.45, 7) is 11.5. The van der Waals surface area contributed by atoms with Crippen molar-refractivity contribution >= 4 is 23.2 Å². The minimum absolute atomic E-state index is 0.0222. The number of nitrogens with one attached hydrogen (secondary N) is 2. The van der Waals surface area contributed by atoms with Crippen LogP contribution in [0.3, 0.4) is 0 Å². The van der Waals surface area contributed by atoms with Crippen molar-refractivity contribution in [3.05, 3.63) is 117 Å². The lowest BCUT2D eigenvalue weighted by Gasteiger charge is -2.30. The van der Waals surface area contributed by atoms with Gasteiger partial charge in [0.25, 0.3) is 11.8 Å². The van der Waals surface area contributed by atoms with E-state index in [4.69, 9.17) is 4.74 Å². The van der Waals surface area contributed by atoms with Crippen molar-refractivity contribution in [2.75, 3.05) is 13.7 Å². The van der Waals surface area contributed by atoms with Crippen molar-refractivity contribution in [1.29, 1.82) is 0 Å². The number of amides is 2. The average Bonchev–Trinajstić information content (AvgIpc) is 3.73. The maximum atomic E-state index is 13.8. The molecular weight excluding hydrogens is 609 g/mol. The van der Waals surface area contributed by atoms with Gasteiger partial charge in [0.1, 0.15) is 10.8 Å². The van der Waals surface area contributed by atoms with Gasteiger partial charge >= 0.3 is 0 Å². The molecule has 0 bridgehead atoms. The summed E-state index contributed by atoms with van der Waals surface area (Å²) >= 11 is 1.57. The molecule has 0 aliphatic carbocycles. The number of hydrogen-bond donors (Lipinski definition) is 3. The number of carbonyl (C=O) groups excluding carboxylic acids is 2. The van der Waals surface area contributed by atoms with Gasteiger partial charge in [0, 0.05) is 35.3 Å². The van der Waals surface area contributed by atoms with E-state index in [1.807, 2.05) is 47.5 Å². The number of nitrogens with zero attached hydrogens (tertiary/aromatic N) is 2. The highest BCUT2D eigenvalue weighted by Crippen LogP contribution is 2.35. The fourth-order valence-electron chi connectivity index (χ4n) is 6.06. The minimum Gasteiger partial charge on any atom is -0.497 e. The Kier molecular flexibility index (Phi) is 10.8. The Hall–Kier alpha value is -4.05. The van der Waals surface area contributed by atoms with E-state index >= 15 is 0 Å². The van der Waals surface area contributed by atoms with Crippen LogP contribution in [0.5, 0.6) is 5.75 Å². The van der Waals surface area contributed by atoms with Gasteiger partial charge in [-0.1, -0.05) is 75.4 Å². The van der Waals surface area contributed by atoms with Crippen LogP contribution in [0.1, 0.15) is 101 Å². The zero-order valence-electron chi connectivity index (χ0n) is 28.1. The third-order valence-electron chi connectivity index (χ3n) is 8.78. The van der Waals surface area contributed by atoms with Crippen LogP contribution < -0.4 is 15.4 Å². The Labute approximate surface area is 282 Å². The third kappa shape index (κ3) is 8.27. The number of rotatable bonds is 11. The van der Waals surface area contributed by atoms with Crippen molar-refractivity contribution in [3.63, 3.8) is 0 Å². The number of ether oxygens (including phenoxy) is 1. The monoisotopic (exact) mass is 654 g/mol. The minimum atomic E-state index is -0.953. The second kappa shape index (κ2) is 14.8. The predicted molar refractivity (Wildman–Crippen MR) is 187 cm³/mol. The Morgan fingerprint density at radius 3 is 2.49 bits per heavy atom. The van der Waals surface area contributed by atoms with E-state index < -0.39 is 24.1 Å². The van der Waals surface area contributed by atoms with Crippen LogP contribution in [0.2, 0.25) is 0 Å². The van der Waals surface area contributed by atoms with Gasteiger partial charge in [0.05, 0.1) is 31.3 Å². The van der Waals surface area contributed by atoms with Crippen LogP contribution in [0.4, 0.5) is 0 Å². The van der Waals surface area contributed by atoms with E-state index in [0.29, 0.717) is 24.4 Å². The topological polar surface area (TPSA) is 104 Å². The number of methoxy groups -OCH3 is 1. The molecule has 5 rings (SSSR count). The van der Waals surface area contributed by atoms with E-state index in [9.17, 15) is 14.7 Å². The van der Waals surface area contributed by atoms with E-state index in [0.717, 1.165) is 34.7 Å². The largest absolute Gasteiger partial charge is 0.497 e. The van der Waals surface area contributed by atoms with E-state index in [1.165, 1.54) is 12.7 Å². The Morgan fingerprint density at radius 2 is 1.81 bits per heavy atom. The van der Waals surface area contributed by atoms with Crippen LogP contribution >= 0.6 is 11.3 Å². The molecule has 4 aromatic rings. The molecular formula is C38H46N4O4S. The van der Waals surface area contributed by atoms with Gasteiger partial charge < -0.3 is 25.4 Å². The van der Waals surface area contributed by atoms with Gasteiger partial charge in [0.15, 0.2) is 0 Å². The molecule has 4 atom stereocenters. The summed E-state index contributed by atoms with van der Waals surface area (Å²) in [7, 11) is 1.52. The van der Waals surface area contributed by atoms with E-state index in [2.05, 4.69) is 60.7 Å². The molecule has 248 valence electrons. The van der Waals surface area contributed by atoms with Gasteiger partial charge in [-0.15, -0.1) is 11.3 Å². The number of benzene rings is 3. The average molecular weight is 655 g/mol. The molecule has 3 aromatic carbocycles. The summed E-state index contributed by atoms with van der Waals surface area (Å²) in [5, 5.41) is 21.1. The standard InChI is InChI=1S/C38H46N4O4S/c1-24-23-47-36(40-24)32-16-11-17-42(32)37(45)29-19-28(20-31(21-29)46-6)35(44)41-25(2)34(43)33(27-13-8-7-9-14-27)39-22-26-12-10-15-30(18-26)38(3,4)5/h7-10,12-15,18-21,23,25,32-34,39,43H,11,16-17,22H2,1-6H3,(H,41,44). The maximum absolute atomic E-state index is 13.8. The molecule has 3 N–H and O–H groups in total. The molecule has 1 aliphatic rings. The van der Waals surface area contributed by atoms with E-state index in [-0.39, 0.29) is 22.9 Å². The first-order valence-electron chi connectivity index (χ1n) is 16.2. The number of hydrogen-bond acceptors (Lipinski definition) is 7. The Bertz CT molecular complexity index is 1680. The number of aliphatic hydroxyl groups excluding tert-OH is 1. The van der Waals surface area contributed by atoms with Crippen molar-refractivity contribution in [2.24, 2.45) is 0 Å². The van der Waals surface area contributed by atoms with Crippen molar-refractivity contribution in [1.82, 2.24) is 20.5 Å². The molecule has 47 heavy (non-hydrogen) atoms. The number of carbonyl (C=O) groups is 2. The van der Waals surface area contributed by atoms with Gasteiger partial charge in [-0.05, 0) is 67.0 Å². The zero-order chi connectivity index (χ0) is 33.7. The highest BCUT2D eigenvalue weighted by molar-refractivity contribution is 7.09. The maximum Gasteiger partial charge on any atom is 0.254 e. The summed E-state index contributed by atoms with van der Waals surface area (Å²) in [6, 6.07) is 22.0. The van der Waals surface area contributed by atoms with Crippen LogP contribution in [0.25, 0.3) is 0 Å².